The van der Waals surface area contributed by atoms with Crippen molar-refractivity contribution in [2.45, 2.75) is 55.3 Å². The first kappa shape index (κ1) is 15.5. The van der Waals surface area contributed by atoms with Crippen LogP contribution in [-0.4, -0.2) is 32.4 Å². The number of hydrogen-bond acceptors (Lipinski definition) is 4. The van der Waals surface area contributed by atoms with E-state index in [1.807, 2.05) is 6.07 Å². The molecule has 1 heterocycles. The van der Waals surface area contributed by atoms with Gasteiger partial charge in [0.15, 0.2) is 0 Å². The molecule has 2 aliphatic rings. The molecule has 1 aromatic heterocycles. The molecule has 21 heavy (non-hydrogen) atoms. The van der Waals surface area contributed by atoms with Crippen molar-refractivity contribution in [1.29, 1.82) is 0 Å². The smallest absolute Gasteiger partial charge is 0.252 e. The van der Waals surface area contributed by atoms with Crippen LogP contribution < -0.4 is 5.32 Å². The topological polar surface area (TPSA) is 49.4 Å². The zero-order valence-corrected chi connectivity index (χ0v) is 14.2. The lowest BCUT2D eigenvalue weighted by Crippen LogP contribution is -2.30. The van der Waals surface area contributed by atoms with Gasteiger partial charge < -0.3 is 5.32 Å². The van der Waals surface area contributed by atoms with Gasteiger partial charge in [0.25, 0.3) is 10.0 Å². The molecule has 2 saturated carbocycles. The Morgan fingerprint density at radius 2 is 1.95 bits per heavy atom. The summed E-state index contributed by atoms with van der Waals surface area (Å²) in [5.41, 5.74) is 0. The van der Waals surface area contributed by atoms with E-state index in [0.29, 0.717) is 22.7 Å². The molecule has 3 rings (SSSR count). The summed E-state index contributed by atoms with van der Waals surface area (Å²) in [7, 11) is -1.59. The van der Waals surface area contributed by atoms with Gasteiger partial charge in [0.1, 0.15) is 4.21 Å². The van der Waals surface area contributed by atoms with Gasteiger partial charge in [-0.25, -0.2) is 8.42 Å². The Morgan fingerprint density at radius 3 is 2.62 bits per heavy atom. The first-order valence-electron chi connectivity index (χ1n) is 7.84. The average Bonchev–Trinajstić information content (AvgIpc) is 2.93. The molecule has 0 spiro atoms. The van der Waals surface area contributed by atoms with Crippen molar-refractivity contribution in [1.82, 2.24) is 9.62 Å². The Hall–Kier alpha value is -0.430. The highest BCUT2D eigenvalue weighted by Gasteiger charge is 2.27. The van der Waals surface area contributed by atoms with Crippen molar-refractivity contribution in [3.8, 4) is 0 Å². The number of thiophene rings is 1. The van der Waals surface area contributed by atoms with Gasteiger partial charge in [-0.1, -0.05) is 12.8 Å². The quantitative estimate of drug-likeness (QED) is 0.837. The van der Waals surface area contributed by atoms with E-state index >= 15 is 0 Å². The summed E-state index contributed by atoms with van der Waals surface area (Å²) in [4.78, 5) is 1.11. The van der Waals surface area contributed by atoms with E-state index < -0.39 is 10.0 Å². The van der Waals surface area contributed by atoms with Crippen LogP contribution in [0.4, 0.5) is 0 Å². The zero-order chi connectivity index (χ0) is 14.9. The Morgan fingerprint density at radius 1 is 1.24 bits per heavy atom. The molecule has 1 N–H and O–H groups in total. The monoisotopic (exact) mass is 328 g/mol. The number of rotatable bonds is 7. The number of sulfonamides is 1. The van der Waals surface area contributed by atoms with Crippen LogP contribution >= 0.6 is 11.3 Å². The molecule has 1 aromatic rings. The van der Waals surface area contributed by atoms with Crippen LogP contribution in [0, 0.1) is 5.92 Å². The molecule has 0 amide bonds. The minimum Gasteiger partial charge on any atom is -0.309 e. The highest BCUT2D eigenvalue weighted by molar-refractivity contribution is 7.91. The van der Waals surface area contributed by atoms with Gasteiger partial charge in [0.05, 0.1) is 0 Å². The molecule has 0 unspecified atom stereocenters. The molecule has 2 aliphatic carbocycles. The molecule has 0 aliphatic heterocycles. The van der Waals surface area contributed by atoms with Crippen LogP contribution in [0.15, 0.2) is 16.3 Å². The summed E-state index contributed by atoms with van der Waals surface area (Å²) in [6.45, 7) is 1.45. The minimum atomic E-state index is -3.30. The maximum Gasteiger partial charge on any atom is 0.252 e. The summed E-state index contributed by atoms with van der Waals surface area (Å²) in [5, 5.41) is 3.43. The van der Waals surface area contributed by atoms with E-state index in [1.165, 1.54) is 49.9 Å². The summed E-state index contributed by atoms with van der Waals surface area (Å²) < 4.78 is 27.2. The van der Waals surface area contributed by atoms with E-state index in [9.17, 15) is 8.42 Å². The molecule has 0 aromatic carbocycles. The second-order valence-electron chi connectivity index (χ2n) is 6.31. The molecule has 0 atom stereocenters. The number of nitrogens with zero attached hydrogens (tertiary/aromatic N) is 1. The van der Waals surface area contributed by atoms with Crippen LogP contribution in [0.3, 0.4) is 0 Å². The average molecular weight is 329 g/mol. The SMILES string of the molecule is CN(CC1CCCC1)S(=O)(=O)c1ccc(CNC2CC2)s1. The second-order valence-corrected chi connectivity index (χ2v) is 9.75. The van der Waals surface area contributed by atoms with Crippen molar-refractivity contribution in [3.05, 3.63) is 17.0 Å². The van der Waals surface area contributed by atoms with Gasteiger partial charge in [-0.15, -0.1) is 11.3 Å². The summed E-state index contributed by atoms with van der Waals surface area (Å²) >= 11 is 1.40. The molecule has 118 valence electrons. The molecule has 0 bridgehead atoms. The molecule has 0 radical (unpaired) electrons. The van der Waals surface area contributed by atoms with E-state index in [2.05, 4.69) is 5.32 Å². The maximum atomic E-state index is 12.6. The first-order chi connectivity index (χ1) is 10.1. The van der Waals surface area contributed by atoms with Crippen molar-refractivity contribution < 1.29 is 8.42 Å². The third-order valence-corrected chi connectivity index (χ3v) is 7.81. The summed E-state index contributed by atoms with van der Waals surface area (Å²) in [6, 6.07) is 4.35. The maximum absolute atomic E-state index is 12.6. The van der Waals surface area contributed by atoms with Crippen LogP contribution in [0.5, 0.6) is 0 Å². The van der Waals surface area contributed by atoms with Crippen LogP contribution in [0.2, 0.25) is 0 Å². The van der Waals surface area contributed by atoms with Gasteiger partial charge in [0.2, 0.25) is 0 Å². The van der Waals surface area contributed by atoms with Crippen molar-refractivity contribution >= 4 is 21.4 Å². The van der Waals surface area contributed by atoms with Crippen LogP contribution in [0.1, 0.15) is 43.4 Å². The lowest BCUT2D eigenvalue weighted by molar-refractivity contribution is 0.388. The molecule has 4 nitrogen and oxygen atoms in total. The van der Waals surface area contributed by atoms with Gasteiger partial charge in [-0.2, -0.15) is 4.31 Å². The Labute approximate surface area is 131 Å². The molecule has 6 heteroatoms. The van der Waals surface area contributed by atoms with E-state index in [-0.39, 0.29) is 0 Å². The molecule has 2 fully saturated rings. The fourth-order valence-corrected chi connectivity index (χ4v) is 5.70. The Balaban J connectivity index is 1.62. The normalized spacial score (nSPS) is 20.5. The van der Waals surface area contributed by atoms with E-state index in [1.54, 1.807) is 17.4 Å². The Kier molecular flexibility index (Phi) is 4.69. The minimum absolute atomic E-state index is 0.482. The van der Waals surface area contributed by atoms with Crippen molar-refractivity contribution in [2.75, 3.05) is 13.6 Å². The summed E-state index contributed by atoms with van der Waals surface area (Å²) in [5.74, 6) is 0.542. The third kappa shape index (κ3) is 3.86. The lowest BCUT2D eigenvalue weighted by Gasteiger charge is -2.19. The van der Waals surface area contributed by atoms with Crippen molar-refractivity contribution in [3.63, 3.8) is 0 Å². The Bertz CT molecular complexity index is 572. The third-order valence-electron chi connectivity index (χ3n) is 4.43. The van der Waals surface area contributed by atoms with Crippen LogP contribution in [0.25, 0.3) is 0 Å². The predicted molar refractivity (Wildman–Crippen MR) is 86.0 cm³/mol. The lowest BCUT2D eigenvalue weighted by atomic mass is 10.1. The van der Waals surface area contributed by atoms with Gasteiger partial charge in [-0.05, 0) is 43.7 Å². The fourth-order valence-electron chi connectivity index (χ4n) is 2.93. The van der Waals surface area contributed by atoms with Crippen LogP contribution in [-0.2, 0) is 16.6 Å². The largest absolute Gasteiger partial charge is 0.309 e. The van der Waals surface area contributed by atoms with Gasteiger partial charge in [0, 0.05) is 31.1 Å². The highest BCUT2D eigenvalue weighted by atomic mass is 32.2. The van der Waals surface area contributed by atoms with Gasteiger partial charge in [-0.3, -0.25) is 0 Å². The van der Waals surface area contributed by atoms with Gasteiger partial charge >= 0.3 is 0 Å². The number of nitrogens with one attached hydrogen (secondary N) is 1. The standard InChI is InChI=1S/C15H24N2O2S2/c1-17(11-12-4-2-3-5-12)21(18,19)15-9-8-14(20-15)10-16-13-6-7-13/h8-9,12-13,16H,2-7,10-11H2,1H3. The van der Waals surface area contributed by atoms with Crippen molar-refractivity contribution in [2.24, 2.45) is 5.92 Å². The predicted octanol–water partition coefficient (Wildman–Crippen LogP) is 2.81. The zero-order valence-electron chi connectivity index (χ0n) is 12.5. The second kappa shape index (κ2) is 6.36. The molecular formula is C15H24N2O2S2. The molecule has 0 saturated heterocycles. The van der Waals surface area contributed by atoms with E-state index in [4.69, 9.17) is 0 Å². The fraction of sp³-hybridized carbons (Fsp3) is 0.733. The summed E-state index contributed by atoms with van der Waals surface area (Å²) in [6.07, 6.45) is 7.33. The van der Waals surface area contributed by atoms with E-state index in [0.717, 1.165) is 11.4 Å². The first-order valence-corrected chi connectivity index (χ1v) is 10.1. The highest BCUT2D eigenvalue weighted by Crippen LogP contribution is 2.29. The number of hydrogen-bond donors (Lipinski definition) is 1. The molecular weight excluding hydrogens is 304 g/mol.